The molecule has 5 nitrogen and oxygen atoms in total. The molecule has 2 N–H and O–H groups in total. The SMILES string of the molecule is CCOC(=O)c1ccccc1NCCC(=O)NCCC(C)C. The third-order valence-electron chi connectivity index (χ3n) is 3.13. The van der Waals surface area contributed by atoms with Gasteiger partial charge in [-0.3, -0.25) is 4.79 Å². The number of ether oxygens (including phenoxy) is 1. The topological polar surface area (TPSA) is 67.4 Å². The van der Waals surface area contributed by atoms with E-state index in [-0.39, 0.29) is 11.9 Å². The molecule has 0 heterocycles. The van der Waals surface area contributed by atoms with Gasteiger partial charge in [-0.1, -0.05) is 26.0 Å². The summed E-state index contributed by atoms with van der Waals surface area (Å²) in [5.74, 6) is 0.239. The van der Waals surface area contributed by atoms with Crippen molar-refractivity contribution in [3.05, 3.63) is 29.8 Å². The molecule has 0 unspecified atom stereocenters. The van der Waals surface area contributed by atoms with Gasteiger partial charge >= 0.3 is 5.97 Å². The quantitative estimate of drug-likeness (QED) is 0.688. The molecule has 0 atom stereocenters. The summed E-state index contributed by atoms with van der Waals surface area (Å²) in [7, 11) is 0. The molecule has 0 aliphatic heterocycles. The van der Waals surface area contributed by atoms with Gasteiger partial charge in [0.1, 0.15) is 0 Å². The number of carbonyl (C=O) groups is 2. The Morgan fingerprint density at radius 1 is 1.18 bits per heavy atom. The summed E-state index contributed by atoms with van der Waals surface area (Å²) in [6.07, 6.45) is 1.35. The van der Waals surface area contributed by atoms with Crippen molar-refractivity contribution in [2.24, 2.45) is 5.92 Å². The number of para-hydroxylation sites is 1. The van der Waals surface area contributed by atoms with Gasteiger partial charge in [-0.15, -0.1) is 0 Å². The average molecular weight is 306 g/mol. The number of anilines is 1. The van der Waals surface area contributed by atoms with Gasteiger partial charge in [-0.2, -0.15) is 0 Å². The summed E-state index contributed by atoms with van der Waals surface area (Å²) in [5.41, 5.74) is 1.18. The third kappa shape index (κ3) is 6.61. The third-order valence-corrected chi connectivity index (χ3v) is 3.13. The minimum Gasteiger partial charge on any atom is -0.462 e. The van der Waals surface area contributed by atoms with Crippen molar-refractivity contribution in [1.29, 1.82) is 0 Å². The number of carbonyl (C=O) groups excluding carboxylic acids is 2. The summed E-state index contributed by atoms with van der Waals surface area (Å²) >= 11 is 0. The van der Waals surface area contributed by atoms with Gasteiger partial charge < -0.3 is 15.4 Å². The molecular formula is C17H26N2O3. The van der Waals surface area contributed by atoms with Crippen molar-refractivity contribution >= 4 is 17.6 Å². The highest BCUT2D eigenvalue weighted by molar-refractivity contribution is 5.95. The monoisotopic (exact) mass is 306 g/mol. The van der Waals surface area contributed by atoms with E-state index >= 15 is 0 Å². The predicted molar refractivity (Wildman–Crippen MR) is 88.0 cm³/mol. The zero-order valence-electron chi connectivity index (χ0n) is 13.6. The Labute approximate surface area is 132 Å². The van der Waals surface area contributed by atoms with Crippen molar-refractivity contribution < 1.29 is 14.3 Å². The minimum atomic E-state index is -0.355. The summed E-state index contributed by atoms with van der Waals surface area (Å²) in [6, 6.07) is 7.15. The van der Waals surface area contributed by atoms with Crippen LogP contribution in [0.5, 0.6) is 0 Å². The smallest absolute Gasteiger partial charge is 0.340 e. The second-order valence-corrected chi connectivity index (χ2v) is 5.48. The summed E-state index contributed by atoms with van der Waals surface area (Å²) in [5, 5.41) is 6.01. The van der Waals surface area contributed by atoms with Crippen LogP contribution >= 0.6 is 0 Å². The molecule has 1 aromatic carbocycles. The number of hydrogen-bond donors (Lipinski definition) is 2. The molecule has 0 saturated heterocycles. The predicted octanol–water partition coefficient (Wildman–Crippen LogP) is 2.83. The molecule has 0 aromatic heterocycles. The van der Waals surface area contributed by atoms with Crippen molar-refractivity contribution in [2.75, 3.05) is 25.0 Å². The summed E-state index contributed by atoms with van der Waals surface area (Å²) in [6.45, 7) is 7.54. The molecule has 0 spiro atoms. The van der Waals surface area contributed by atoms with E-state index in [9.17, 15) is 9.59 Å². The first-order valence-electron chi connectivity index (χ1n) is 7.81. The molecule has 5 heteroatoms. The highest BCUT2D eigenvalue weighted by Crippen LogP contribution is 2.16. The summed E-state index contributed by atoms with van der Waals surface area (Å²) in [4.78, 5) is 23.5. The lowest BCUT2D eigenvalue weighted by Gasteiger charge is -2.11. The van der Waals surface area contributed by atoms with Gasteiger partial charge in [0.15, 0.2) is 0 Å². The maximum atomic E-state index is 11.8. The molecule has 1 amide bonds. The van der Waals surface area contributed by atoms with E-state index in [0.29, 0.717) is 43.3 Å². The molecule has 0 aliphatic rings. The van der Waals surface area contributed by atoms with E-state index in [1.165, 1.54) is 0 Å². The van der Waals surface area contributed by atoms with Gasteiger partial charge in [0.05, 0.1) is 12.2 Å². The first kappa shape index (κ1) is 18.0. The van der Waals surface area contributed by atoms with Gasteiger partial charge in [-0.25, -0.2) is 4.79 Å². The van der Waals surface area contributed by atoms with Crippen molar-refractivity contribution in [3.63, 3.8) is 0 Å². The lowest BCUT2D eigenvalue weighted by molar-refractivity contribution is -0.120. The Morgan fingerprint density at radius 2 is 1.91 bits per heavy atom. The van der Waals surface area contributed by atoms with E-state index in [4.69, 9.17) is 4.74 Å². The highest BCUT2D eigenvalue weighted by Gasteiger charge is 2.11. The second kappa shape index (κ2) is 9.82. The van der Waals surface area contributed by atoms with Gasteiger partial charge in [0.25, 0.3) is 0 Å². The molecule has 0 saturated carbocycles. The number of rotatable bonds is 9. The molecule has 0 bridgehead atoms. The molecule has 1 rings (SSSR count). The standard InChI is InChI=1S/C17H26N2O3/c1-4-22-17(21)14-7-5-6-8-15(14)18-12-10-16(20)19-11-9-13(2)3/h5-8,13,18H,4,9-12H2,1-3H3,(H,19,20). The van der Waals surface area contributed by atoms with Crippen molar-refractivity contribution in [3.8, 4) is 0 Å². The lowest BCUT2D eigenvalue weighted by Crippen LogP contribution is -2.27. The normalized spacial score (nSPS) is 10.4. The molecule has 1 aromatic rings. The number of nitrogens with one attached hydrogen (secondary N) is 2. The van der Waals surface area contributed by atoms with Crippen LogP contribution in [0.4, 0.5) is 5.69 Å². The van der Waals surface area contributed by atoms with Crippen LogP contribution in [-0.4, -0.2) is 31.6 Å². The van der Waals surface area contributed by atoms with Crippen LogP contribution in [0.25, 0.3) is 0 Å². The first-order chi connectivity index (χ1) is 10.5. The minimum absolute atomic E-state index is 0.0155. The fraction of sp³-hybridized carbons (Fsp3) is 0.529. The van der Waals surface area contributed by atoms with Crippen LogP contribution in [0.1, 0.15) is 44.0 Å². The average Bonchev–Trinajstić information content (AvgIpc) is 2.47. The van der Waals surface area contributed by atoms with Gasteiger partial charge in [-0.05, 0) is 31.4 Å². The Bertz CT molecular complexity index is 487. The Morgan fingerprint density at radius 3 is 2.59 bits per heavy atom. The van der Waals surface area contributed by atoms with E-state index < -0.39 is 0 Å². The van der Waals surface area contributed by atoms with Crippen LogP contribution in [0.2, 0.25) is 0 Å². The zero-order chi connectivity index (χ0) is 16.4. The van der Waals surface area contributed by atoms with E-state index in [1.54, 1.807) is 19.1 Å². The first-order valence-corrected chi connectivity index (χ1v) is 7.81. The number of amides is 1. The Hall–Kier alpha value is -2.04. The maximum absolute atomic E-state index is 11.8. The van der Waals surface area contributed by atoms with Crippen LogP contribution < -0.4 is 10.6 Å². The fourth-order valence-corrected chi connectivity index (χ4v) is 1.92. The lowest BCUT2D eigenvalue weighted by atomic mass is 10.1. The largest absolute Gasteiger partial charge is 0.462 e. The van der Waals surface area contributed by atoms with Crippen LogP contribution in [0, 0.1) is 5.92 Å². The Balaban J connectivity index is 2.41. The summed E-state index contributed by atoms with van der Waals surface area (Å²) < 4.78 is 5.01. The molecule has 22 heavy (non-hydrogen) atoms. The molecule has 0 fully saturated rings. The van der Waals surface area contributed by atoms with Gasteiger partial charge in [0, 0.05) is 25.2 Å². The van der Waals surface area contributed by atoms with E-state index in [1.807, 2.05) is 12.1 Å². The van der Waals surface area contributed by atoms with Crippen LogP contribution in [0.15, 0.2) is 24.3 Å². The van der Waals surface area contributed by atoms with Crippen LogP contribution in [-0.2, 0) is 9.53 Å². The number of benzene rings is 1. The van der Waals surface area contributed by atoms with Crippen LogP contribution in [0.3, 0.4) is 0 Å². The highest BCUT2D eigenvalue weighted by atomic mass is 16.5. The van der Waals surface area contributed by atoms with Crippen molar-refractivity contribution in [1.82, 2.24) is 5.32 Å². The number of hydrogen-bond acceptors (Lipinski definition) is 4. The zero-order valence-corrected chi connectivity index (χ0v) is 13.6. The molecule has 122 valence electrons. The van der Waals surface area contributed by atoms with E-state index in [0.717, 1.165) is 6.42 Å². The second-order valence-electron chi connectivity index (χ2n) is 5.48. The van der Waals surface area contributed by atoms with E-state index in [2.05, 4.69) is 24.5 Å². The molecule has 0 radical (unpaired) electrons. The van der Waals surface area contributed by atoms with Crippen molar-refractivity contribution in [2.45, 2.75) is 33.6 Å². The Kier molecular flexibility index (Phi) is 8.04. The maximum Gasteiger partial charge on any atom is 0.340 e. The number of esters is 1. The van der Waals surface area contributed by atoms with Gasteiger partial charge in [0.2, 0.25) is 5.91 Å². The molecule has 0 aliphatic carbocycles. The molecular weight excluding hydrogens is 280 g/mol. The fourth-order valence-electron chi connectivity index (χ4n) is 1.92.